The number of anilines is 1. The molecule has 0 aliphatic carbocycles. The largest absolute Gasteiger partial charge is 0.496 e. The number of nitrogens with one attached hydrogen (secondary N) is 2. The minimum atomic E-state index is -1.02. The Kier molecular flexibility index (Phi) is 7.77. The standard InChI is InChI=1S/C22H26N2O5/c1-14-8-7-9-15(2)21(14)24-19(25)13-23-22(27)16(3)29-20(26)12-17-10-5-6-11-18(17)28-4/h5-11,16H,12-13H2,1-4H3,(H,23,27)(H,24,25). The highest BCUT2D eigenvalue weighted by Gasteiger charge is 2.19. The van der Waals surface area contributed by atoms with E-state index in [1.807, 2.05) is 32.0 Å². The van der Waals surface area contributed by atoms with Crippen molar-refractivity contribution in [2.24, 2.45) is 0 Å². The van der Waals surface area contributed by atoms with E-state index >= 15 is 0 Å². The maximum atomic E-state index is 12.2. The summed E-state index contributed by atoms with van der Waals surface area (Å²) in [7, 11) is 1.52. The Balaban J connectivity index is 1.82. The number of para-hydroxylation sites is 2. The number of amides is 2. The zero-order valence-electron chi connectivity index (χ0n) is 17.1. The van der Waals surface area contributed by atoms with Crippen molar-refractivity contribution in [2.75, 3.05) is 19.0 Å². The molecule has 0 spiro atoms. The highest BCUT2D eigenvalue weighted by atomic mass is 16.5. The molecule has 29 heavy (non-hydrogen) atoms. The van der Waals surface area contributed by atoms with E-state index in [2.05, 4.69) is 10.6 Å². The van der Waals surface area contributed by atoms with Crippen LogP contribution in [0.4, 0.5) is 5.69 Å². The molecule has 1 atom stereocenters. The molecule has 2 rings (SSSR count). The third-order valence-corrected chi connectivity index (χ3v) is 4.37. The molecule has 0 heterocycles. The molecular weight excluding hydrogens is 372 g/mol. The average molecular weight is 398 g/mol. The van der Waals surface area contributed by atoms with Crippen LogP contribution in [-0.2, 0) is 25.5 Å². The number of carbonyl (C=O) groups is 3. The van der Waals surface area contributed by atoms with Crippen LogP contribution in [0.15, 0.2) is 42.5 Å². The summed E-state index contributed by atoms with van der Waals surface area (Å²) in [5.74, 6) is -0.889. The van der Waals surface area contributed by atoms with Crippen molar-refractivity contribution >= 4 is 23.5 Å². The fourth-order valence-corrected chi connectivity index (χ4v) is 2.80. The third kappa shape index (κ3) is 6.34. The number of hydrogen-bond donors (Lipinski definition) is 2. The van der Waals surface area contributed by atoms with Crippen LogP contribution in [0, 0.1) is 13.8 Å². The molecule has 0 saturated heterocycles. The quantitative estimate of drug-likeness (QED) is 0.667. The van der Waals surface area contributed by atoms with E-state index in [0.717, 1.165) is 16.8 Å². The van der Waals surface area contributed by atoms with Crippen LogP contribution in [0.5, 0.6) is 5.75 Å². The predicted octanol–water partition coefficient (Wildman–Crippen LogP) is 2.54. The molecule has 2 aromatic carbocycles. The van der Waals surface area contributed by atoms with E-state index in [1.54, 1.807) is 24.3 Å². The lowest BCUT2D eigenvalue weighted by Gasteiger charge is -2.15. The first-order valence-electron chi connectivity index (χ1n) is 9.27. The van der Waals surface area contributed by atoms with E-state index in [9.17, 15) is 14.4 Å². The molecule has 0 bridgehead atoms. The first-order valence-corrected chi connectivity index (χ1v) is 9.27. The number of esters is 1. The summed E-state index contributed by atoms with van der Waals surface area (Å²) in [6.45, 7) is 5.02. The number of aryl methyl sites for hydroxylation is 2. The van der Waals surface area contributed by atoms with Crippen LogP contribution >= 0.6 is 0 Å². The number of hydrogen-bond acceptors (Lipinski definition) is 5. The van der Waals surface area contributed by atoms with Crippen LogP contribution in [-0.4, -0.2) is 37.5 Å². The van der Waals surface area contributed by atoms with E-state index < -0.39 is 18.0 Å². The van der Waals surface area contributed by atoms with Gasteiger partial charge in [0.2, 0.25) is 5.91 Å². The molecule has 0 aromatic heterocycles. The van der Waals surface area contributed by atoms with Gasteiger partial charge in [-0.15, -0.1) is 0 Å². The molecule has 154 valence electrons. The van der Waals surface area contributed by atoms with Gasteiger partial charge in [0.25, 0.3) is 5.91 Å². The van der Waals surface area contributed by atoms with Gasteiger partial charge in [-0.25, -0.2) is 0 Å². The first kappa shape index (κ1) is 21.9. The second-order valence-electron chi connectivity index (χ2n) is 6.65. The number of ether oxygens (including phenoxy) is 2. The van der Waals surface area contributed by atoms with Gasteiger partial charge in [0.15, 0.2) is 6.10 Å². The molecule has 0 aliphatic heterocycles. The molecule has 7 heteroatoms. The average Bonchev–Trinajstić information content (AvgIpc) is 2.69. The third-order valence-electron chi connectivity index (χ3n) is 4.37. The minimum absolute atomic E-state index is 0.0192. The normalized spacial score (nSPS) is 11.3. The minimum Gasteiger partial charge on any atom is -0.496 e. The molecule has 0 radical (unpaired) electrons. The Morgan fingerprint density at radius 2 is 1.66 bits per heavy atom. The number of benzene rings is 2. The summed E-state index contributed by atoms with van der Waals surface area (Å²) in [5, 5.41) is 5.26. The molecular formula is C22H26N2O5. The smallest absolute Gasteiger partial charge is 0.311 e. The number of carbonyl (C=O) groups excluding carboxylic acids is 3. The molecule has 2 amide bonds. The fourth-order valence-electron chi connectivity index (χ4n) is 2.80. The molecule has 2 N–H and O–H groups in total. The van der Waals surface area contributed by atoms with Crippen LogP contribution in [0.3, 0.4) is 0 Å². The Hall–Kier alpha value is -3.35. The molecule has 0 saturated carbocycles. The summed E-state index contributed by atoms with van der Waals surface area (Å²) >= 11 is 0. The van der Waals surface area contributed by atoms with Gasteiger partial charge in [-0.1, -0.05) is 36.4 Å². The van der Waals surface area contributed by atoms with Crippen molar-refractivity contribution in [1.29, 1.82) is 0 Å². The first-order chi connectivity index (χ1) is 13.8. The lowest BCUT2D eigenvalue weighted by Crippen LogP contribution is -2.40. The number of rotatable bonds is 8. The zero-order valence-corrected chi connectivity index (χ0v) is 17.1. The van der Waals surface area contributed by atoms with Crippen molar-refractivity contribution in [3.8, 4) is 5.75 Å². The summed E-state index contributed by atoms with van der Waals surface area (Å²) in [6, 6.07) is 12.8. The highest BCUT2D eigenvalue weighted by molar-refractivity contribution is 5.96. The van der Waals surface area contributed by atoms with Crippen molar-refractivity contribution in [1.82, 2.24) is 5.32 Å². The topological polar surface area (TPSA) is 93.7 Å². The maximum Gasteiger partial charge on any atom is 0.311 e. The maximum absolute atomic E-state index is 12.2. The summed E-state index contributed by atoms with van der Waals surface area (Å²) < 4.78 is 10.4. The molecule has 0 fully saturated rings. The van der Waals surface area contributed by atoms with Gasteiger partial charge in [0.05, 0.1) is 20.1 Å². The summed E-state index contributed by atoms with van der Waals surface area (Å²) in [5.41, 5.74) is 3.26. The van der Waals surface area contributed by atoms with Gasteiger partial charge in [0, 0.05) is 11.3 Å². The Bertz CT molecular complexity index is 874. The number of methoxy groups -OCH3 is 1. The monoisotopic (exact) mass is 398 g/mol. The van der Waals surface area contributed by atoms with Crippen LogP contribution < -0.4 is 15.4 Å². The van der Waals surface area contributed by atoms with Gasteiger partial charge in [0.1, 0.15) is 5.75 Å². The van der Waals surface area contributed by atoms with E-state index in [0.29, 0.717) is 11.3 Å². The second kappa shape index (κ2) is 10.3. The van der Waals surface area contributed by atoms with Gasteiger partial charge in [-0.05, 0) is 38.0 Å². The van der Waals surface area contributed by atoms with E-state index in [-0.39, 0.29) is 18.9 Å². The van der Waals surface area contributed by atoms with Gasteiger partial charge in [-0.3, -0.25) is 14.4 Å². The molecule has 0 aliphatic rings. The fraction of sp³-hybridized carbons (Fsp3) is 0.318. The van der Waals surface area contributed by atoms with E-state index in [4.69, 9.17) is 9.47 Å². The Morgan fingerprint density at radius 1 is 1.00 bits per heavy atom. The lowest BCUT2D eigenvalue weighted by molar-refractivity contribution is -0.154. The van der Waals surface area contributed by atoms with Gasteiger partial charge < -0.3 is 20.1 Å². The predicted molar refractivity (Wildman–Crippen MR) is 110 cm³/mol. The van der Waals surface area contributed by atoms with Gasteiger partial charge in [-0.2, -0.15) is 0 Å². The van der Waals surface area contributed by atoms with Crippen molar-refractivity contribution in [3.63, 3.8) is 0 Å². The van der Waals surface area contributed by atoms with Crippen molar-refractivity contribution in [3.05, 3.63) is 59.2 Å². The van der Waals surface area contributed by atoms with Gasteiger partial charge >= 0.3 is 5.97 Å². The summed E-state index contributed by atoms with van der Waals surface area (Å²) in [4.78, 5) is 36.4. The van der Waals surface area contributed by atoms with E-state index in [1.165, 1.54) is 14.0 Å². The van der Waals surface area contributed by atoms with Crippen LogP contribution in [0.2, 0.25) is 0 Å². The highest BCUT2D eigenvalue weighted by Crippen LogP contribution is 2.19. The van der Waals surface area contributed by atoms with Crippen LogP contribution in [0.1, 0.15) is 23.6 Å². The molecule has 1 unspecified atom stereocenters. The summed E-state index contributed by atoms with van der Waals surface area (Å²) in [6.07, 6.45) is -1.04. The Morgan fingerprint density at radius 3 is 2.31 bits per heavy atom. The molecule has 2 aromatic rings. The van der Waals surface area contributed by atoms with Crippen molar-refractivity contribution < 1.29 is 23.9 Å². The lowest BCUT2D eigenvalue weighted by atomic mass is 10.1. The SMILES string of the molecule is COc1ccccc1CC(=O)OC(C)C(=O)NCC(=O)Nc1c(C)cccc1C. The van der Waals surface area contributed by atoms with Crippen molar-refractivity contribution in [2.45, 2.75) is 33.3 Å². The van der Waals surface area contributed by atoms with Crippen LogP contribution in [0.25, 0.3) is 0 Å². The zero-order chi connectivity index (χ0) is 21.4. The Labute approximate surface area is 170 Å². The molecule has 7 nitrogen and oxygen atoms in total. The second-order valence-corrected chi connectivity index (χ2v) is 6.65.